The number of hydrogen-bond acceptors (Lipinski definition) is 5. The SMILES string of the molecule is Cc1nc2c(C(=O)NCC3CCCN(C)C3)cnn2c(O)c1Cc1ccc(F)cc1. The van der Waals surface area contributed by atoms with Crippen LogP contribution >= 0.6 is 0 Å². The van der Waals surface area contributed by atoms with Gasteiger partial charge < -0.3 is 15.3 Å². The number of amides is 1. The fourth-order valence-electron chi connectivity index (χ4n) is 4.07. The lowest BCUT2D eigenvalue weighted by molar-refractivity contribution is 0.0938. The number of fused-ring (bicyclic) bond motifs is 1. The first-order valence-electron chi connectivity index (χ1n) is 10.2. The van der Waals surface area contributed by atoms with E-state index in [-0.39, 0.29) is 17.6 Å². The number of rotatable bonds is 5. The van der Waals surface area contributed by atoms with Crippen LogP contribution in [0.15, 0.2) is 30.5 Å². The van der Waals surface area contributed by atoms with E-state index in [1.54, 1.807) is 19.1 Å². The van der Waals surface area contributed by atoms with E-state index in [4.69, 9.17) is 0 Å². The summed E-state index contributed by atoms with van der Waals surface area (Å²) in [5.41, 5.74) is 2.71. The van der Waals surface area contributed by atoms with E-state index in [1.165, 1.54) is 22.8 Å². The minimum absolute atomic E-state index is 0.0604. The van der Waals surface area contributed by atoms with Crippen molar-refractivity contribution in [3.05, 3.63) is 58.7 Å². The summed E-state index contributed by atoms with van der Waals surface area (Å²) >= 11 is 0. The number of nitrogens with zero attached hydrogens (tertiary/aromatic N) is 4. The summed E-state index contributed by atoms with van der Waals surface area (Å²) in [6.45, 7) is 4.46. The quantitative estimate of drug-likeness (QED) is 0.674. The van der Waals surface area contributed by atoms with Gasteiger partial charge in [-0.3, -0.25) is 4.79 Å². The van der Waals surface area contributed by atoms with Crippen molar-refractivity contribution in [1.29, 1.82) is 0 Å². The number of hydrogen-bond donors (Lipinski definition) is 2. The number of likely N-dealkylation sites (tertiary alicyclic amines) is 1. The third-order valence-electron chi connectivity index (χ3n) is 5.74. The maximum Gasteiger partial charge on any atom is 0.256 e. The Kier molecular flexibility index (Phi) is 5.67. The molecule has 1 unspecified atom stereocenters. The number of carbonyl (C=O) groups excluding carboxylic acids is 1. The van der Waals surface area contributed by atoms with Crippen molar-refractivity contribution in [3.63, 3.8) is 0 Å². The molecule has 3 heterocycles. The summed E-state index contributed by atoms with van der Waals surface area (Å²) in [6.07, 6.45) is 4.06. The minimum Gasteiger partial charge on any atom is -0.493 e. The van der Waals surface area contributed by atoms with Gasteiger partial charge in [0.1, 0.15) is 11.4 Å². The Morgan fingerprint density at radius 3 is 2.83 bits per heavy atom. The Balaban J connectivity index is 1.54. The molecule has 0 spiro atoms. The largest absolute Gasteiger partial charge is 0.493 e. The number of piperidine rings is 1. The first-order chi connectivity index (χ1) is 14.4. The molecule has 3 aromatic rings. The number of nitrogens with one attached hydrogen (secondary N) is 1. The Bertz CT molecular complexity index is 1060. The predicted octanol–water partition coefficient (Wildman–Crippen LogP) is 2.54. The predicted molar refractivity (Wildman–Crippen MR) is 111 cm³/mol. The zero-order valence-corrected chi connectivity index (χ0v) is 17.2. The molecular weight excluding hydrogens is 385 g/mol. The number of aromatic hydroxyl groups is 1. The number of aromatic nitrogens is 3. The second kappa shape index (κ2) is 8.39. The van der Waals surface area contributed by atoms with E-state index < -0.39 is 0 Å². The number of halogens is 1. The van der Waals surface area contributed by atoms with Gasteiger partial charge >= 0.3 is 0 Å². The van der Waals surface area contributed by atoms with Crippen molar-refractivity contribution in [2.75, 3.05) is 26.7 Å². The van der Waals surface area contributed by atoms with Crippen molar-refractivity contribution in [2.45, 2.75) is 26.2 Å². The highest BCUT2D eigenvalue weighted by Crippen LogP contribution is 2.25. The lowest BCUT2D eigenvalue weighted by atomic mass is 9.98. The summed E-state index contributed by atoms with van der Waals surface area (Å²) in [6, 6.07) is 6.11. The van der Waals surface area contributed by atoms with Crippen molar-refractivity contribution in [3.8, 4) is 5.88 Å². The number of carbonyl (C=O) groups is 1. The standard InChI is InChI=1S/C22H26FN5O2/c1-14-18(10-15-5-7-17(23)8-6-15)22(30)28-20(26-14)19(12-25-28)21(29)24-11-16-4-3-9-27(2)13-16/h5-8,12,16,30H,3-4,9-11,13H2,1-2H3,(H,24,29). The van der Waals surface area contributed by atoms with E-state index >= 15 is 0 Å². The third kappa shape index (κ3) is 4.14. The average molecular weight is 411 g/mol. The molecule has 2 N–H and O–H groups in total. The van der Waals surface area contributed by atoms with Crippen LogP contribution in [-0.4, -0.2) is 57.2 Å². The van der Waals surface area contributed by atoms with Crippen LogP contribution < -0.4 is 5.32 Å². The Hall–Kier alpha value is -3.00. The topological polar surface area (TPSA) is 82.8 Å². The van der Waals surface area contributed by atoms with Crippen LogP contribution in [0.25, 0.3) is 5.65 Å². The molecule has 0 saturated carbocycles. The molecular formula is C22H26FN5O2. The Morgan fingerprint density at radius 1 is 1.33 bits per heavy atom. The van der Waals surface area contributed by atoms with Gasteiger partial charge in [-0.2, -0.15) is 9.61 Å². The maximum absolute atomic E-state index is 13.2. The zero-order chi connectivity index (χ0) is 21.3. The van der Waals surface area contributed by atoms with Gasteiger partial charge in [0.25, 0.3) is 5.91 Å². The molecule has 4 rings (SSSR count). The average Bonchev–Trinajstić information content (AvgIpc) is 3.15. The van der Waals surface area contributed by atoms with Crippen LogP contribution in [0.5, 0.6) is 5.88 Å². The smallest absolute Gasteiger partial charge is 0.256 e. The van der Waals surface area contributed by atoms with Crippen LogP contribution in [0.1, 0.15) is 40.0 Å². The van der Waals surface area contributed by atoms with E-state index in [1.807, 2.05) is 0 Å². The van der Waals surface area contributed by atoms with Gasteiger partial charge in [-0.1, -0.05) is 12.1 Å². The Labute approximate surface area is 174 Å². The third-order valence-corrected chi connectivity index (χ3v) is 5.74. The van der Waals surface area contributed by atoms with E-state index in [0.29, 0.717) is 41.4 Å². The fraction of sp³-hybridized carbons (Fsp3) is 0.409. The van der Waals surface area contributed by atoms with Crippen LogP contribution in [0.3, 0.4) is 0 Å². The van der Waals surface area contributed by atoms with Gasteiger partial charge in [-0.05, 0) is 57.0 Å². The van der Waals surface area contributed by atoms with Crippen LogP contribution in [0, 0.1) is 18.7 Å². The second-order valence-corrected chi connectivity index (χ2v) is 8.08. The molecule has 1 fully saturated rings. The lowest BCUT2D eigenvalue weighted by Crippen LogP contribution is -2.39. The maximum atomic E-state index is 13.2. The first kappa shape index (κ1) is 20.3. The molecule has 1 aromatic carbocycles. The van der Waals surface area contributed by atoms with Crippen molar-refractivity contribution in [1.82, 2.24) is 24.8 Å². The van der Waals surface area contributed by atoms with Crippen molar-refractivity contribution < 1.29 is 14.3 Å². The fourth-order valence-corrected chi connectivity index (χ4v) is 4.07. The molecule has 8 heteroatoms. The number of aryl methyl sites for hydroxylation is 1. The van der Waals surface area contributed by atoms with E-state index in [0.717, 1.165) is 31.5 Å². The van der Waals surface area contributed by atoms with E-state index in [2.05, 4.69) is 27.3 Å². The highest BCUT2D eigenvalue weighted by atomic mass is 19.1. The minimum atomic E-state index is -0.309. The molecule has 1 aliphatic heterocycles. The van der Waals surface area contributed by atoms with E-state index in [9.17, 15) is 14.3 Å². The molecule has 158 valence electrons. The molecule has 1 aliphatic rings. The lowest BCUT2D eigenvalue weighted by Gasteiger charge is -2.29. The molecule has 1 amide bonds. The second-order valence-electron chi connectivity index (χ2n) is 8.08. The molecule has 0 bridgehead atoms. The van der Waals surface area contributed by atoms with Gasteiger partial charge in [0.05, 0.1) is 6.20 Å². The van der Waals surface area contributed by atoms with Crippen LogP contribution in [0.4, 0.5) is 4.39 Å². The van der Waals surface area contributed by atoms with Gasteiger partial charge in [0.2, 0.25) is 5.88 Å². The van der Waals surface area contributed by atoms with Gasteiger partial charge in [0, 0.05) is 30.8 Å². The molecule has 1 saturated heterocycles. The van der Waals surface area contributed by atoms with Crippen molar-refractivity contribution in [2.24, 2.45) is 5.92 Å². The highest BCUT2D eigenvalue weighted by molar-refractivity contribution is 5.99. The molecule has 30 heavy (non-hydrogen) atoms. The summed E-state index contributed by atoms with van der Waals surface area (Å²) in [5.74, 6) is -0.179. The molecule has 2 aromatic heterocycles. The molecule has 1 atom stereocenters. The zero-order valence-electron chi connectivity index (χ0n) is 17.2. The molecule has 0 aliphatic carbocycles. The summed E-state index contributed by atoms with van der Waals surface area (Å²) in [4.78, 5) is 19.6. The number of benzene rings is 1. The summed E-state index contributed by atoms with van der Waals surface area (Å²) < 4.78 is 14.4. The van der Waals surface area contributed by atoms with Gasteiger partial charge in [0.15, 0.2) is 5.65 Å². The van der Waals surface area contributed by atoms with Crippen LogP contribution in [0.2, 0.25) is 0 Å². The van der Waals surface area contributed by atoms with Crippen LogP contribution in [-0.2, 0) is 6.42 Å². The summed E-state index contributed by atoms with van der Waals surface area (Å²) in [5, 5.41) is 17.9. The highest BCUT2D eigenvalue weighted by Gasteiger charge is 2.22. The summed E-state index contributed by atoms with van der Waals surface area (Å²) in [7, 11) is 2.10. The van der Waals surface area contributed by atoms with Crippen molar-refractivity contribution >= 4 is 11.6 Å². The first-order valence-corrected chi connectivity index (χ1v) is 10.2. The Morgan fingerprint density at radius 2 is 2.10 bits per heavy atom. The monoisotopic (exact) mass is 411 g/mol. The van der Waals surface area contributed by atoms with Gasteiger partial charge in [-0.15, -0.1) is 0 Å². The van der Waals surface area contributed by atoms with Gasteiger partial charge in [-0.25, -0.2) is 9.37 Å². The normalized spacial score (nSPS) is 17.4. The molecule has 0 radical (unpaired) electrons. The molecule has 7 nitrogen and oxygen atoms in total.